The van der Waals surface area contributed by atoms with Crippen LogP contribution in [0.3, 0.4) is 0 Å². The van der Waals surface area contributed by atoms with Gasteiger partial charge in [0.15, 0.2) is 0 Å². The smallest absolute Gasteiger partial charge is 0.226 e. The number of carbonyl (C=O) groups excluding carboxylic acids is 2. The molecule has 0 spiro atoms. The molecule has 12 heteroatoms. The van der Waals surface area contributed by atoms with Crippen LogP contribution in [0.25, 0.3) is 21.8 Å². The molecule has 0 bridgehead atoms. The Hall–Kier alpha value is -3.12. The molecular formula is C50H70Cl2N6O4. The van der Waals surface area contributed by atoms with Gasteiger partial charge in [-0.05, 0) is 111 Å². The van der Waals surface area contributed by atoms with Gasteiger partial charge in [-0.1, -0.05) is 74.9 Å². The van der Waals surface area contributed by atoms with Crippen molar-refractivity contribution in [3.05, 3.63) is 71.0 Å². The van der Waals surface area contributed by atoms with Crippen molar-refractivity contribution in [2.45, 2.75) is 127 Å². The lowest BCUT2D eigenvalue weighted by molar-refractivity contribution is -0.140. The maximum atomic E-state index is 13.7. The first-order valence-corrected chi connectivity index (χ1v) is 24.0. The molecule has 2 aromatic carbocycles. The van der Waals surface area contributed by atoms with Gasteiger partial charge in [-0.25, -0.2) is 0 Å². The van der Waals surface area contributed by atoms with E-state index in [1.165, 1.54) is 57.2 Å². The Morgan fingerprint density at radius 1 is 0.581 bits per heavy atom. The summed E-state index contributed by atoms with van der Waals surface area (Å²) in [6.45, 7) is 5.55. The van der Waals surface area contributed by atoms with Crippen molar-refractivity contribution < 1.29 is 19.8 Å². The van der Waals surface area contributed by atoms with Gasteiger partial charge in [0.25, 0.3) is 0 Å². The highest BCUT2D eigenvalue weighted by atomic mass is 35.5. The summed E-state index contributed by atoms with van der Waals surface area (Å²) in [5, 5.41) is 31.5. The number of amides is 2. The minimum absolute atomic E-state index is 0. The molecule has 2 amide bonds. The Kier molecular flexibility index (Phi) is 14.6. The predicted molar refractivity (Wildman–Crippen MR) is 251 cm³/mol. The van der Waals surface area contributed by atoms with Gasteiger partial charge in [0.05, 0.1) is 36.1 Å². The summed E-state index contributed by atoms with van der Waals surface area (Å²) in [5.74, 6) is 0.832. The molecule has 2 aromatic heterocycles. The highest BCUT2D eigenvalue weighted by Gasteiger charge is 2.50. The second-order valence-corrected chi connectivity index (χ2v) is 19.7. The van der Waals surface area contributed by atoms with Crippen LogP contribution >= 0.6 is 24.8 Å². The lowest BCUT2D eigenvalue weighted by Gasteiger charge is -2.51. The van der Waals surface area contributed by atoms with Crippen LogP contribution in [0.4, 0.5) is 0 Å². The van der Waals surface area contributed by atoms with E-state index >= 15 is 0 Å². The first-order chi connectivity index (χ1) is 29.4. The van der Waals surface area contributed by atoms with Gasteiger partial charge in [-0.15, -0.1) is 24.8 Å². The van der Waals surface area contributed by atoms with Crippen LogP contribution in [0.5, 0.6) is 0 Å². The normalized spacial score (nSPS) is 30.4. The van der Waals surface area contributed by atoms with E-state index in [4.69, 9.17) is 0 Å². The summed E-state index contributed by atoms with van der Waals surface area (Å²) in [4.78, 5) is 40.1. The third kappa shape index (κ3) is 8.82. The van der Waals surface area contributed by atoms with Crippen LogP contribution in [0.15, 0.2) is 48.5 Å². The van der Waals surface area contributed by atoms with E-state index in [0.717, 1.165) is 116 Å². The maximum absolute atomic E-state index is 13.7. The number of unbranched alkanes of at least 4 members (excludes halogenated alkanes) is 7. The van der Waals surface area contributed by atoms with Crippen LogP contribution in [0, 0.1) is 35.5 Å². The molecule has 6 N–H and O–H groups in total. The van der Waals surface area contributed by atoms with Crippen molar-refractivity contribution in [3.8, 4) is 0 Å². The van der Waals surface area contributed by atoms with Gasteiger partial charge in [-0.2, -0.15) is 0 Å². The largest absolute Gasteiger partial charge is 0.392 e. The van der Waals surface area contributed by atoms with Gasteiger partial charge in [0.2, 0.25) is 11.8 Å². The zero-order valence-electron chi connectivity index (χ0n) is 36.4. The molecule has 4 aromatic rings. The molecule has 62 heavy (non-hydrogen) atoms. The van der Waals surface area contributed by atoms with Gasteiger partial charge >= 0.3 is 0 Å². The van der Waals surface area contributed by atoms with E-state index in [0.29, 0.717) is 37.0 Å². The third-order valence-electron chi connectivity index (χ3n) is 16.4. The topological polar surface area (TPSA) is 137 Å². The average Bonchev–Trinajstić information content (AvgIpc) is 3.84. The lowest BCUT2D eigenvalue weighted by Crippen LogP contribution is -2.54. The quantitative estimate of drug-likeness (QED) is 0.0751. The van der Waals surface area contributed by atoms with Crippen LogP contribution in [-0.4, -0.2) is 93.3 Å². The first kappa shape index (κ1) is 45.4. The number of H-pyrrole nitrogens is 2. The predicted octanol–water partition coefficient (Wildman–Crippen LogP) is 8.16. The number of aromatic nitrogens is 2. The second-order valence-electron chi connectivity index (χ2n) is 19.7. The number of aliphatic hydroxyl groups is 2. The molecule has 0 unspecified atom stereocenters. The SMILES string of the molecule is Cl.Cl.O=C(NCCCCCCCCCCNC(=O)[C@@H]1[C@H]2C[C@H]3c4[nH]c5ccccc5c4CCN3C[C@@H]2CC[C@@H]1O)[C@@H]1[C@H]2C[C@H]3c4[nH]c5ccccc5c4CCN3C[C@@H]2CC[C@@H]1O. The number of nitrogens with one attached hydrogen (secondary N) is 4. The number of carbonyl (C=O) groups is 2. The number of aromatic amines is 2. The number of para-hydroxylation sites is 2. The van der Waals surface area contributed by atoms with E-state index in [9.17, 15) is 19.8 Å². The first-order valence-electron chi connectivity index (χ1n) is 24.0. The monoisotopic (exact) mass is 888 g/mol. The van der Waals surface area contributed by atoms with E-state index in [-0.39, 0.29) is 60.3 Å². The molecule has 2 aliphatic carbocycles. The molecule has 6 heterocycles. The molecule has 6 aliphatic rings. The Morgan fingerprint density at radius 3 is 1.42 bits per heavy atom. The number of hydrogen-bond acceptors (Lipinski definition) is 6. The van der Waals surface area contributed by atoms with Crippen molar-refractivity contribution >= 4 is 58.4 Å². The Bertz CT molecular complexity index is 2010. The number of halogens is 2. The summed E-state index contributed by atoms with van der Waals surface area (Å²) in [5.41, 5.74) is 7.98. The number of nitrogens with zero attached hydrogens (tertiary/aromatic N) is 2. The highest BCUT2D eigenvalue weighted by molar-refractivity contribution is 5.86. The summed E-state index contributed by atoms with van der Waals surface area (Å²) >= 11 is 0. The van der Waals surface area contributed by atoms with Crippen molar-refractivity contribution in [3.63, 3.8) is 0 Å². The second kappa shape index (κ2) is 20.0. The standard InChI is InChI=1S/C50H68N6O4.2ClH/c57-43-19-17-31-29-55-25-21-35-33-13-7-9-15-39(33)53-47(35)41(55)27-37(31)45(43)49(59)51-23-11-5-3-1-2-4-6-12-24-52-50(60)46-38-28-42-48-36(34-14-8-10-16-40(34)54-48)22-26-56(42)30-32(38)18-20-44(46)58;;/h7-10,13-16,31-32,37-38,41-46,53-54,57-58H,1-6,11-12,17-30H2,(H,51,59)(H,52,60);2*1H/t31-,32-,37-,38-,41-,42-,43-,44-,45+,46+;;/m0../s1. The molecule has 4 aliphatic heterocycles. The van der Waals surface area contributed by atoms with Crippen LogP contribution in [-0.2, 0) is 22.4 Å². The van der Waals surface area contributed by atoms with Crippen LogP contribution in [0.1, 0.15) is 124 Å². The number of aliphatic hydroxyl groups excluding tert-OH is 2. The van der Waals surface area contributed by atoms with Crippen LogP contribution in [0.2, 0.25) is 0 Å². The number of hydrogen-bond donors (Lipinski definition) is 6. The van der Waals surface area contributed by atoms with Crippen molar-refractivity contribution in [2.75, 3.05) is 39.3 Å². The fraction of sp³-hybridized carbons (Fsp3) is 0.640. The molecule has 2 saturated heterocycles. The van der Waals surface area contributed by atoms with Crippen LogP contribution < -0.4 is 10.6 Å². The zero-order chi connectivity index (χ0) is 40.7. The number of piperidine rings is 2. The minimum atomic E-state index is -0.557. The Balaban J connectivity index is 0.00000264. The molecule has 10 nitrogen and oxygen atoms in total. The summed E-state index contributed by atoms with van der Waals surface area (Å²) < 4.78 is 0. The number of fused-ring (bicyclic) bond motifs is 12. The lowest BCUT2D eigenvalue weighted by atomic mass is 9.64. The number of benzene rings is 2. The van der Waals surface area contributed by atoms with Gasteiger partial charge in [0.1, 0.15) is 0 Å². The Labute approximate surface area is 379 Å². The van der Waals surface area contributed by atoms with E-state index in [1.54, 1.807) is 0 Å². The Morgan fingerprint density at radius 2 is 0.984 bits per heavy atom. The van der Waals surface area contributed by atoms with E-state index < -0.39 is 12.2 Å². The molecule has 10 rings (SSSR count). The van der Waals surface area contributed by atoms with Crippen molar-refractivity contribution in [1.82, 2.24) is 30.4 Å². The maximum Gasteiger partial charge on any atom is 0.226 e. The minimum Gasteiger partial charge on any atom is -0.392 e. The fourth-order valence-corrected chi connectivity index (χ4v) is 13.4. The molecule has 338 valence electrons. The molecule has 10 atom stereocenters. The number of rotatable bonds is 13. The third-order valence-corrected chi connectivity index (χ3v) is 16.4. The van der Waals surface area contributed by atoms with Crippen molar-refractivity contribution in [2.24, 2.45) is 35.5 Å². The highest BCUT2D eigenvalue weighted by Crippen LogP contribution is 2.51. The molecule has 2 saturated carbocycles. The van der Waals surface area contributed by atoms with Crippen molar-refractivity contribution in [1.29, 1.82) is 0 Å². The molecule has 4 fully saturated rings. The zero-order valence-corrected chi connectivity index (χ0v) is 38.0. The fourth-order valence-electron chi connectivity index (χ4n) is 13.4. The van der Waals surface area contributed by atoms with E-state index in [2.05, 4.69) is 78.9 Å². The van der Waals surface area contributed by atoms with Gasteiger partial charge in [-0.3, -0.25) is 19.4 Å². The summed E-state index contributed by atoms with van der Waals surface area (Å²) in [7, 11) is 0. The summed E-state index contributed by atoms with van der Waals surface area (Å²) in [6.07, 6.45) is 15.2. The van der Waals surface area contributed by atoms with Gasteiger partial charge in [0, 0.05) is 72.5 Å². The summed E-state index contributed by atoms with van der Waals surface area (Å²) in [6, 6.07) is 17.8. The molecular weight excluding hydrogens is 819 g/mol. The van der Waals surface area contributed by atoms with Gasteiger partial charge < -0.3 is 30.8 Å². The average molecular weight is 890 g/mol. The van der Waals surface area contributed by atoms with E-state index in [1.807, 2.05) is 0 Å². The molecule has 0 radical (unpaired) electrons.